The molecule has 1 fully saturated rings. The lowest BCUT2D eigenvalue weighted by atomic mass is 10.2. The first-order valence-electron chi connectivity index (χ1n) is 5.74. The summed E-state index contributed by atoms with van der Waals surface area (Å²) < 4.78 is 9.69. The van der Waals surface area contributed by atoms with Crippen molar-refractivity contribution in [1.29, 1.82) is 0 Å². The minimum atomic E-state index is -0.625. The molecule has 0 spiro atoms. The maximum absolute atomic E-state index is 11.6. The van der Waals surface area contributed by atoms with Crippen LogP contribution in [0.25, 0.3) is 0 Å². The fourth-order valence-corrected chi connectivity index (χ4v) is 2.19. The number of furan rings is 1. The van der Waals surface area contributed by atoms with Gasteiger partial charge in [-0.3, -0.25) is 19.8 Å². The average Bonchev–Trinajstić information content (AvgIpc) is 2.96. The molecule has 19 heavy (non-hydrogen) atoms. The maximum atomic E-state index is 11.6. The van der Waals surface area contributed by atoms with E-state index in [0.717, 1.165) is 0 Å². The zero-order valence-electron chi connectivity index (χ0n) is 10.3. The van der Waals surface area contributed by atoms with E-state index in [-0.39, 0.29) is 18.8 Å². The van der Waals surface area contributed by atoms with Crippen LogP contribution >= 0.6 is 0 Å². The number of hydrogen-bond donors (Lipinski definition) is 1. The van der Waals surface area contributed by atoms with Crippen LogP contribution in [0, 0.1) is 10.1 Å². The predicted molar refractivity (Wildman–Crippen MR) is 62.2 cm³/mol. The van der Waals surface area contributed by atoms with Gasteiger partial charge in [-0.15, -0.1) is 0 Å². The second kappa shape index (κ2) is 5.37. The van der Waals surface area contributed by atoms with E-state index in [2.05, 4.69) is 4.74 Å². The first-order valence-corrected chi connectivity index (χ1v) is 5.74. The number of β-amino-alcohol motifs (C(OH)–C–C–N with tert-alkyl or cyclic N) is 1. The lowest BCUT2D eigenvalue weighted by Crippen LogP contribution is -2.36. The lowest BCUT2D eigenvalue weighted by molar-refractivity contribution is -0.402. The number of likely N-dealkylation sites (tertiary alicyclic amines) is 1. The Balaban J connectivity index is 2.07. The number of nitro groups is 1. The summed E-state index contributed by atoms with van der Waals surface area (Å²) in [7, 11) is 1.28. The molecule has 0 aromatic carbocycles. The van der Waals surface area contributed by atoms with Gasteiger partial charge in [0.05, 0.1) is 25.8 Å². The van der Waals surface area contributed by atoms with Crippen LogP contribution in [-0.2, 0) is 16.1 Å². The summed E-state index contributed by atoms with van der Waals surface area (Å²) in [6, 6.07) is 2.19. The van der Waals surface area contributed by atoms with Gasteiger partial charge < -0.3 is 14.3 Å². The van der Waals surface area contributed by atoms with Crippen LogP contribution in [0.3, 0.4) is 0 Å². The molecule has 0 saturated carbocycles. The SMILES string of the molecule is COC(=O)C1CC(O)CN1Cc1ccc([N+](=O)[O-])o1. The van der Waals surface area contributed by atoms with Gasteiger partial charge in [-0.25, -0.2) is 0 Å². The Bertz CT molecular complexity index is 485. The van der Waals surface area contributed by atoms with Gasteiger partial charge in [-0.1, -0.05) is 0 Å². The molecule has 1 aliphatic heterocycles. The molecule has 8 nitrogen and oxygen atoms in total. The Morgan fingerprint density at radius 2 is 2.42 bits per heavy atom. The van der Waals surface area contributed by atoms with E-state index in [1.165, 1.54) is 19.2 Å². The Hall–Kier alpha value is -1.93. The van der Waals surface area contributed by atoms with Crippen molar-refractivity contribution in [3.8, 4) is 0 Å². The third kappa shape index (κ3) is 2.91. The van der Waals surface area contributed by atoms with Crippen molar-refractivity contribution in [1.82, 2.24) is 4.90 Å². The lowest BCUT2D eigenvalue weighted by Gasteiger charge is -2.20. The predicted octanol–water partition coefficient (Wildman–Crippen LogP) is 0.296. The minimum Gasteiger partial charge on any atom is -0.468 e. The van der Waals surface area contributed by atoms with Crippen LogP contribution in [0.15, 0.2) is 16.5 Å². The third-order valence-electron chi connectivity index (χ3n) is 3.04. The summed E-state index contributed by atoms with van der Waals surface area (Å²) in [6.45, 7) is 0.513. The number of methoxy groups -OCH3 is 1. The average molecular weight is 270 g/mol. The fraction of sp³-hybridized carbons (Fsp3) is 0.545. The van der Waals surface area contributed by atoms with E-state index < -0.39 is 23.0 Å². The summed E-state index contributed by atoms with van der Waals surface area (Å²) in [5.41, 5.74) is 0. The van der Waals surface area contributed by atoms with Crippen LogP contribution < -0.4 is 0 Å². The number of aliphatic hydroxyl groups is 1. The molecule has 0 amide bonds. The van der Waals surface area contributed by atoms with E-state index in [1.807, 2.05) is 0 Å². The number of ether oxygens (including phenoxy) is 1. The van der Waals surface area contributed by atoms with Gasteiger partial charge in [0.2, 0.25) is 0 Å². The molecule has 1 N–H and O–H groups in total. The standard InChI is InChI=1S/C11H14N2O6/c1-18-11(15)9-4-7(14)5-12(9)6-8-2-3-10(19-8)13(16)17/h2-3,7,9,14H,4-6H2,1H3. The molecule has 8 heteroatoms. The van der Waals surface area contributed by atoms with Crippen molar-refractivity contribution in [2.75, 3.05) is 13.7 Å². The number of nitrogens with zero attached hydrogens (tertiary/aromatic N) is 2. The maximum Gasteiger partial charge on any atom is 0.433 e. The van der Waals surface area contributed by atoms with Gasteiger partial charge >= 0.3 is 11.9 Å². The van der Waals surface area contributed by atoms with Crippen molar-refractivity contribution in [2.24, 2.45) is 0 Å². The van der Waals surface area contributed by atoms with E-state index in [1.54, 1.807) is 4.90 Å². The van der Waals surface area contributed by atoms with Gasteiger partial charge in [0.15, 0.2) is 0 Å². The smallest absolute Gasteiger partial charge is 0.433 e. The van der Waals surface area contributed by atoms with Crippen molar-refractivity contribution in [2.45, 2.75) is 25.1 Å². The molecule has 2 unspecified atom stereocenters. The van der Waals surface area contributed by atoms with Gasteiger partial charge in [0.25, 0.3) is 0 Å². The minimum absolute atomic E-state index is 0.213. The van der Waals surface area contributed by atoms with Crippen LogP contribution in [0.5, 0.6) is 0 Å². The summed E-state index contributed by atoms with van der Waals surface area (Å²) in [4.78, 5) is 23.1. The van der Waals surface area contributed by atoms with E-state index in [9.17, 15) is 20.0 Å². The van der Waals surface area contributed by atoms with Crippen molar-refractivity contribution < 1.29 is 24.0 Å². The molecule has 104 valence electrons. The number of esters is 1. The molecule has 0 bridgehead atoms. The van der Waals surface area contributed by atoms with Crippen molar-refractivity contribution in [3.05, 3.63) is 28.0 Å². The molecule has 2 rings (SSSR count). The first kappa shape index (κ1) is 13.5. The summed E-state index contributed by atoms with van der Waals surface area (Å²) in [5.74, 6) is -0.406. The van der Waals surface area contributed by atoms with Crippen LogP contribution in [0.1, 0.15) is 12.2 Å². The molecule has 2 heterocycles. The van der Waals surface area contributed by atoms with Crippen molar-refractivity contribution >= 4 is 11.9 Å². The second-order valence-electron chi connectivity index (χ2n) is 4.35. The topological polar surface area (TPSA) is 106 Å². The Labute approximate surface area is 108 Å². The number of carbonyl (C=O) groups excluding carboxylic acids is 1. The quantitative estimate of drug-likeness (QED) is 0.476. The highest BCUT2D eigenvalue weighted by Gasteiger charge is 2.37. The monoisotopic (exact) mass is 270 g/mol. The zero-order chi connectivity index (χ0) is 14.0. The molecular formula is C11H14N2O6. The molecule has 1 aromatic rings. The number of carbonyl (C=O) groups is 1. The van der Waals surface area contributed by atoms with Gasteiger partial charge in [-0.2, -0.15) is 0 Å². The molecule has 0 radical (unpaired) electrons. The number of aliphatic hydroxyl groups excluding tert-OH is 1. The normalized spacial score (nSPS) is 23.5. The molecule has 1 saturated heterocycles. The highest BCUT2D eigenvalue weighted by atomic mass is 16.6. The zero-order valence-corrected chi connectivity index (χ0v) is 10.3. The highest BCUT2D eigenvalue weighted by Crippen LogP contribution is 2.24. The van der Waals surface area contributed by atoms with Crippen LogP contribution in [0.2, 0.25) is 0 Å². The van der Waals surface area contributed by atoms with Crippen LogP contribution in [0.4, 0.5) is 5.88 Å². The number of hydrogen-bond acceptors (Lipinski definition) is 7. The third-order valence-corrected chi connectivity index (χ3v) is 3.04. The molecule has 2 atom stereocenters. The van der Waals surface area contributed by atoms with E-state index >= 15 is 0 Å². The molecular weight excluding hydrogens is 256 g/mol. The van der Waals surface area contributed by atoms with Gasteiger partial charge in [0, 0.05) is 13.0 Å². The summed E-state index contributed by atoms with van der Waals surface area (Å²) >= 11 is 0. The number of rotatable bonds is 4. The first-order chi connectivity index (χ1) is 9.01. The Morgan fingerprint density at radius 1 is 1.68 bits per heavy atom. The fourth-order valence-electron chi connectivity index (χ4n) is 2.19. The molecule has 1 aliphatic rings. The summed E-state index contributed by atoms with van der Waals surface area (Å²) in [6.07, 6.45) is -0.329. The molecule has 1 aromatic heterocycles. The Morgan fingerprint density at radius 3 is 3.00 bits per heavy atom. The van der Waals surface area contributed by atoms with E-state index in [0.29, 0.717) is 12.3 Å². The van der Waals surface area contributed by atoms with Gasteiger partial charge in [0.1, 0.15) is 16.7 Å². The van der Waals surface area contributed by atoms with Gasteiger partial charge in [-0.05, 0) is 6.07 Å². The van der Waals surface area contributed by atoms with Crippen LogP contribution in [-0.4, -0.2) is 46.7 Å². The highest BCUT2D eigenvalue weighted by molar-refractivity contribution is 5.76. The Kier molecular flexibility index (Phi) is 3.82. The second-order valence-corrected chi connectivity index (χ2v) is 4.35. The molecule has 0 aliphatic carbocycles. The summed E-state index contributed by atoms with van der Waals surface area (Å²) in [5, 5.41) is 20.1. The van der Waals surface area contributed by atoms with Crippen molar-refractivity contribution in [3.63, 3.8) is 0 Å². The van der Waals surface area contributed by atoms with E-state index in [4.69, 9.17) is 4.42 Å². The largest absolute Gasteiger partial charge is 0.468 e.